The molecule has 0 radical (unpaired) electrons. The zero-order valence-corrected chi connectivity index (χ0v) is 8.28. The molecule has 0 aliphatic heterocycles. The summed E-state index contributed by atoms with van der Waals surface area (Å²) in [6, 6.07) is 0. The Hall–Kier alpha value is -0.920. The summed E-state index contributed by atoms with van der Waals surface area (Å²) >= 11 is 3.20. The number of aromatic nitrogens is 2. The average molecular weight is 249 g/mol. The maximum atomic E-state index is 8.52. The Bertz CT molecular complexity index is 283. The number of hydrogen-bond acceptors (Lipinski definition) is 6. The van der Waals surface area contributed by atoms with Gasteiger partial charge in [0, 0.05) is 0 Å². The monoisotopic (exact) mass is 248 g/mol. The van der Waals surface area contributed by atoms with Gasteiger partial charge in [-0.25, -0.2) is 15.8 Å². The number of anilines is 1. The maximum Gasteiger partial charge on any atom is 0.233 e. The van der Waals surface area contributed by atoms with Crippen molar-refractivity contribution in [1.29, 1.82) is 0 Å². The molecule has 6 nitrogen and oxygen atoms in total. The van der Waals surface area contributed by atoms with E-state index in [-0.39, 0.29) is 13.2 Å². The Morgan fingerprint density at radius 1 is 1.62 bits per heavy atom. The summed E-state index contributed by atoms with van der Waals surface area (Å²) in [7, 11) is 0. The number of ether oxygens (including phenoxy) is 1. The van der Waals surface area contributed by atoms with E-state index in [1.165, 1.54) is 6.33 Å². The molecule has 0 saturated heterocycles. The summed E-state index contributed by atoms with van der Waals surface area (Å²) in [5.41, 5.74) is 2.37. The van der Waals surface area contributed by atoms with Crippen molar-refractivity contribution in [3.63, 3.8) is 0 Å². The van der Waals surface area contributed by atoms with Crippen LogP contribution in [0.25, 0.3) is 0 Å². The normalized spacial score (nSPS) is 9.77. The quantitative estimate of drug-likeness (QED) is 0.509. The van der Waals surface area contributed by atoms with Crippen molar-refractivity contribution in [2.75, 3.05) is 18.6 Å². The zero-order valence-electron chi connectivity index (χ0n) is 6.70. The molecule has 0 saturated carbocycles. The Morgan fingerprint density at radius 2 is 2.38 bits per heavy atom. The van der Waals surface area contributed by atoms with Crippen molar-refractivity contribution in [3.8, 4) is 5.88 Å². The van der Waals surface area contributed by atoms with Gasteiger partial charge in [-0.05, 0) is 15.9 Å². The largest absolute Gasteiger partial charge is 0.474 e. The molecule has 0 fully saturated rings. The number of nitrogens with zero attached hydrogens (tertiary/aromatic N) is 2. The van der Waals surface area contributed by atoms with Crippen molar-refractivity contribution in [2.24, 2.45) is 5.84 Å². The molecule has 72 valence electrons. The minimum Gasteiger partial charge on any atom is -0.474 e. The first-order chi connectivity index (χ1) is 6.29. The van der Waals surface area contributed by atoms with E-state index >= 15 is 0 Å². The highest BCUT2D eigenvalue weighted by Crippen LogP contribution is 2.27. The third kappa shape index (κ3) is 2.51. The molecule has 1 aromatic heterocycles. The van der Waals surface area contributed by atoms with Crippen molar-refractivity contribution >= 4 is 21.7 Å². The lowest BCUT2D eigenvalue weighted by Gasteiger charge is -2.07. The van der Waals surface area contributed by atoms with Crippen LogP contribution in [-0.4, -0.2) is 28.3 Å². The third-order valence-corrected chi connectivity index (χ3v) is 1.94. The van der Waals surface area contributed by atoms with Crippen LogP contribution in [0.5, 0.6) is 5.88 Å². The molecule has 1 rings (SSSR count). The van der Waals surface area contributed by atoms with Gasteiger partial charge in [0.25, 0.3) is 0 Å². The van der Waals surface area contributed by atoms with Gasteiger partial charge in [-0.15, -0.1) is 0 Å². The standard InChI is InChI=1S/C6H9BrN4O2/c7-4-5(11-8)9-3-10-6(4)13-2-1-12/h3,12H,1-2,8H2,(H,9,10,11). The van der Waals surface area contributed by atoms with Gasteiger partial charge in [0.2, 0.25) is 5.88 Å². The van der Waals surface area contributed by atoms with E-state index in [9.17, 15) is 0 Å². The van der Waals surface area contributed by atoms with Gasteiger partial charge in [0.05, 0.1) is 6.61 Å². The molecule has 0 aromatic carbocycles. The zero-order chi connectivity index (χ0) is 9.68. The molecule has 7 heteroatoms. The van der Waals surface area contributed by atoms with Gasteiger partial charge in [0.1, 0.15) is 17.4 Å². The lowest BCUT2D eigenvalue weighted by molar-refractivity contribution is 0.195. The Labute approximate surface area is 83.2 Å². The first-order valence-electron chi connectivity index (χ1n) is 3.50. The minimum absolute atomic E-state index is 0.0676. The second-order valence-electron chi connectivity index (χ2n) is 2.06. The van der Waals surface area contributed by atoms with E-state index in [0.29, 0.717) is 16.2 Å². The molecule has 0 aliphatic carbocycles. The van der Waals surface area contributed by atoms with Gasteiger partial charge < -0.3 is 15.3 Å². The molecule has 1 aromatic rings. The van der Waals surface area contributed by atoms with Crippen LogP contribution < -0.4 is 16.0 Å². The van der Waals surface area contributed by atoms with Crippen molar-refractivity contribution in [2.45, 2.75) is 0 Å². The summed E-state index contributed by atoms with van der Waals surface area (Å²) < 4.78 is 5.62. The first-order valence-corrected chi connectivity index (χ1v) is 4.29. The summed E-state index contributed by atoms with van der Waals surface area (Å²) in [6.45, 7) is 0.113. The molecular formula is C6H9BrN4O2. The SMILES string of the molecule is NNc1ncnc(OCCO)c1Br. The van der Waals surface area contributed by atoms with Crippen LogP contribution in [0.4, 0.5) is 5.82 Å². The van der Waals surface area contributed by atoms with Crippen LogP contribution in [0, 0.1) is 0 Å². The van der Waals surface area contributed by atoms with Gasteiger partial charge >= 0.3 is 0 Å². The lowest BCUT2D eigenvalue weighted by Crippen LogP contribution is -2.11. The highest BCUT2D eigenvalue weighted by atomic mass is 79.9. The van der Waals surface area contributed by atoms with Gasteiger partial charge in [-0.3, -0.25) is 0 Å². The number of aliphatic hydroxyl groups is 1. The second kappa shape index (κ2) is 4.95. The van der Waals surface area contributed by atoms with Gasteiger partial charge in [-0.1, -0.05) is 0 Å². The number of hydrogen-bond donors (Lipinski definition) is 3. The summed E-state index contributed by atoms with van der Waals surface area (Å²) in [5.74, 6) is 5.95. The van der Waals surface area contributed by atoms with E-state index in [1.54, 1.807) is 0 Å². The fourth-order valence-corrected chi connectivity index (χ4v) is 1.13. The number of aliphatic hydroxyl groups excluding tert-OH is 1. The molecule has 1 heterocycles. The van der Waals surface area contributed by atoms with Crippen LogP contribution in [0.1, 0.15) is 0 Å². The van der Waals surface area contributed by atoms with E-state index in [2.05, 4.69) is 31.3 Å². The van der Waals surface area contributed by atoms with Gasteiger partial charge in [-0.2, -0.15) is 0 Å². The number of hydrazine groups is 1. The second-order valence-corrected chi connectivity index (χ2v) is 2.85. The van der Waals surface area contributed by atoms with Crippen molar-refractivity contribution in [1.82, 2.24) is 9.97 Å². The predicted molar refractivity (Wildman–Crippen MR) is 50.1 cm³/mol. The van der Waals surface area contributed by atoms with Crippen LogP contribution in [0.2, 0.25) is 0 Å². The van der Waals surface area contributed by atoms with E-state index in [0.717, 1.165) is 0 Å². The average Bonchev–Trinajstić information content (AvgIpc) is 2.16. The first kappa shape index (κ1) is 10.2. The molecule has 0 amide bonds. The smallest absolute Gasteiger partial charge is 0.233 e. The number of rotatable bonds is 4. The highest BCUT2D eigenvalue weighted by molar-refractivity contribution is 9.10. The number of halogens is 1. The number of nitrogens with two attached hydrogens (primary N) is 1. The Morgan fingerprint density at radius 3 is 3.00 bits per heavy atom. The van der Waals surface area contributed by atoms with Crippen LogP contribution in [0.3, 0.4) is 0 Å². The minimum atomic E-state index is -0.0676. The van der Waals surface area contributed by atoms with Crippen molar-refractivity contribution in [3.05, 3.63) is 10.8 Å². The third-order valence-electron chi connectivity index (χ3n) is 1.22. The molecule has 0 bridgehead atoms. The molecule has 4 N–H and O–H groups in total. The highest BCUT2D eigenvalue weighted by Gasteiger charge is 2.07. The van der Waals surface area contributed by atoms with E-state index in [4.69, 9.17) is 15.7 Å². The van der Waals surface area contributed by atoms with Gasteiger partial charge in [0.15, 0.2) is 5.82 Å². The van der Waals surface area contributed by atoms with Crippen LogP contribution in [0.15, 0.2) is 10.8 Å². The Balaban J connectivity index is 2.81. The molecule has 0 unspecified atom stereocenters. The molecule has 0 aliphatic rings. The number of nitrogens with one attached hydrogen (secondary N) is 1. The van der Waals surface area contributed by atoms with E-state index < -0.39 is 0 Å². The fraction of sp³-hybridized carbons (Fsp3) is 0.333. The molecular weight excluding hydrogens is 240 g/mol. The summed E-state index contributed by atoms with van der Waals surface area (Å²) in [4.78, 5) is 7.67. The van der Waals surface area contributed by atoms with Crippen LogP contribution >= 0.6 is 15.9 Å². The Kier molecular flexibility index (Phi) is 3.87. The van der Waals surface area contributed by atoms with Crippen molar-refractivity contribution < 1.29 is 9.84 Å². The fourth-order valence-electron chi connectivity index (χ4n) is 0.697. The number of nitrogen functional groups attached to an aromatic ring is 1. The molecule has 0 atom stereocenters. The molecule has 13 heavy (non-hydrogen) atoms. The summed E-state index contributed by atoms with van der Waals surface area (Å²) in [6.07, 6.45) is 1.31. The topological polar surface area (TPSA) is 93.3 Å². The van der Waals surface area contributed by atoms with Crippen LogP contribution in [-0.2, 0) is 0 Å². The lowest BCUT2D eigenvalue weighted by atomic mass is 10.5. The maximum absolute atomic E-state index is 8.52. The predicted octanol–water partition coefficient (Wildman–Crippen LogP) is -0.104. The van der Waals surface area contributed by atoms with E-state index in [1.807, 2.05) is 0 Å². The molecule has 0 spiro atoms. The summed E-state index contributed by atoms with van der Waals surface area (Å²) in [5, 5.41) is 8.52.